The van der Waals surface area contributed by atoms with Crippen molar-refractivity contribution in [3.05, 3.63) is 13.1 Å². The van der Waals surface area contributed by atoms with Crippen molar-refractivity contribution in [2.24, 2.45) is 0 Å². The number of hydrogen-bond acceptors (Lipinski definition) is 2. The van der Waals surface area contributed by atoms with Crippen molar-refractivity contribution in [3.8, 4) is 0 Å². The molecule has 0 aliphatic heterocycles. The molecule has 0 rings (SSSR count). The van der Waals surface area contributed by atoms with Gasteiger partial charge in [-0.05, 0) is 0 Å². The Morgan fingerprint density at radius 3 is 0.625 bits per heavy atom. The van der Waals surface area contributed by atoms with Crippen molar-refractivity contribution < 1.29 is 148 Å². The predicted octanol–water partition coefficient (Wildman–Crippen LogP) is -5.80. The fourth-order valence-corrected chi connectivity index (χ4v) is 0. The van der Waals surface area contributed by atoms with E-state index in [1.165, 1.54) is 0 Å². The van der Waals surface area contributed by atoms with Crippen LogP contribution in [0.2, 0.25) is 0 Å². The van der Waals surface area contributed by atoms with Crippen LogP contribution in [0.15, 0.2) is 0 Å². The molecular formula is C2Au2K2N2. The monoisotopic (exact) mass is 524 g/mol. The zero-order chi connectivity index (χ0) is 4.00. The van der Waals surface area contributed by atoms with Gasteiger partial charge in [0.25, 0.3) is 0 Å². The summed E-state index contributed by atoms with van der Waals surface area (Å²) in [5.74, 6) is 0. The van der Waals surface area contributed by atoms with Gasteiger partial charge in [-0.25, -0.2) is 0 Å². The largest absolute Gasteiger partial charge is 1.00 e. The summed E-state index contributed by atoms with van der Waals surface area (Å²) in [6, 6.07) is 0. The Morgan fingerprint density at radius 2 is 0.625 bits per heavy atom. The summed E-state index contributed by atoms with van der Waals surface area (Å²) >= 11 is 0. The molecule has 0 fully saturated rings. The second kappa shape index (κ2) is 73.0. The summed E-state index contributed by atoms with van der Waals surface area (Å²) in [6.07, 6.45) is 0. The molecule has 0 heterocycles. The fraction of sp³-hybridized carbons (Fsp3) is 0. The van der Waals surface area contributed by atoms with Gasteiger partial charge in [-0.3, -0.25) is 0 Å². The molecule has 42 valence electrons. The van der Waals surface area contributed by atoms with E-state index in [0.717, 1.165) is 0 Å². The molecule has 0 aromatic heterocycles. The molecule has 0 unspecified atom stereocenters. The Bertz CT molecular complexity index is 31.5. The first kappa shape index (κ1) is 41.1. The summed E-state index contributed by atoms with van der Waals surface area (Å²) in [6.45, 7) is 9.50. The van der Waals surface area contributed by atoms with Crippen molar-refractivity contribution in [2.45, 2.75) is 0 Å². The first-order valence-corrected chi connectivity index (χ1v) is 0.447. The Balaban J connectivity index is -0.00000000167. The summed E-state index contributed by atoms with van der Waals surface area (Å²) in [7, 11) is 0. The van der Waals surface area contributed by atoms with Crippen LogP contribution < -0.4 is 103 Å². The third-order valence-electron chi connectivity index (χ3n) is 0. The average molecular weight is 524 g/mol. The molecule has 0 saturated carbocycles. The predicted molar refractivity (Wildman–Crippen MR) is 9.94 cm³/mol. The number of rotatable bonds is 0. The third-order valence-corrected chi connectivity index (χ3v) is 0. The molecule has 6 heteroatoms. The molecule has 0 aromatic carbocycles. The van der Waals surface area contributed by atoms with Gasteiger partial charge in [0.1, 0.15) is 0 Å². The maximum Gasteiger partial charge on any atom is 1.00 e. The Labute approximate surface area is 166 Å². The van der Waals surface area contributed by atoms with E-state index in [-0.39, 0.29) is 148 Å². The van der Waals surface area contributed by atoms with Crippen molar-refractivity contribution >= 4 is 0 Å². The standard InChI is InChI=1S/2CN.2Au.2K/c2*1-2;;;;/q2*-1;;;2*+1. The van der Waals surface area contributed by atoms with Crippen molar-refractivity contribution in [1.82, 2.24) is 0 Å². The van der Waals surface area contributed by atoms with Gasteiger partial charge < -0.3 is 23.7 Å². The van der Waals surface area contributed by atoms with Crippen LogP contribution in [0.3, 0.4) is 0 Å². The molecular weight excluding hydrogens is 524 g/mol. The normalized spacial score (nSPS) is 0.500. The van der Waals surface area contributed by atoms with Crippen molar-refractivity contribution in [2.75, 3.05) is 0 Å². The Kier molecular flexibility index (Phi) is 375. The van der Waals surface area contributed by atoms with E-state index in [9.17, 15) is 0 Å². The maximum absolute atomic E-state index is 6.25. The summed E-state index contributed by atoms with van der Waals surface area (Å²) in [4.78, 5) is 0. The molecule has 0 saturated heterocycles. The van der Waals surface area contributed by atoms with Gasteiger partial charge >= 0.3 is 103 Å². The molecule has 0 atom stereocenters. The SMILES string of the molecule is [Au].[Au].[C-]#N.[C-]#N.[K+].[K+]. The minimum absolute atomic E-state index is 0. The summed E-state index contributed by atoms with van der Waals surface area (Å²) < 4.78 is 0. The Hall–Kier alpha value is 3.73. The van der Waals surface area contributed by atoms with E-state index in [2.05, 4.69) is 0 Å². The zero-order valence-electron chi connectivity index (χ0n) is 4.50. The van der Waals surface area contributed by atoms with Gasteiger partial charge in [0.15, 0.2) is 0 Å². The van der Waals surface area contributed by atoms with Crippen LogP contribution in [0, 0.1) is 23.7 Å². The second-order valence-corrected chi connectivity index (χ2v) is 0. The average Bonchev–Trinajstić information content (AvgIpc) is 1.50. The zero-order valence-corrected chi connectivity index (χ0v) is 15.1. The first-order valence-electron chi connectivity index (χ1n) is 0.447. The second-order valence-electron chi connectivity index (χ2n) is 0. The third kappa shape index (κ3) is 53.3. The van der Waals surface area contributed by atoms with E-state index < -0.39 is 0 Å². The van der Waals surface area contributed by atoms with Gasteiger partial charge in [-0.2, -0.15) is 0 Å². The molecule has 8 heavy (non-hydrogen) atoms. The van der Waals surface area contributed by atoms with E-state index in [1.807, 2.05) is 0 Å². The Morgan fingerprint density at radius 1 is 0.625 bits per heavy atom. The quantitative estimate of drug-likeness (QED) is 0.235. The molecule has 0 aliphatic carbocycles. The van der Waals surface area contributed by atoms with Crippen molar-refractivity contribution in [1.29, 1.82) is 10.5 Å². The van der Waals surface area contributed by atoms with E-state index >= 15 is 0 Å². The minimum Gasteiger partial charge on any atom is -0.512 e. The van der Waals surface area contributed by atoms with Gasteiger partial charge in [0.2, 0.25) is 0 Å². The van der Waals surface area contributed by atoms with Crippen LogP contribution in [0.4, 0.5) is 0 Å². The molecule has 0 amide bonds. The van der Waals surface area contributed by atoms with E-state index in [1.54, 1.807) is 0 Å². The van der Waals surface area contributed by atoms with E-state index in [4.69, 9.17) is 23.7 Å². The summed E-state index contributed by atoms with van der Waals surface area (Å²) in [5.41, 5.74) is 0. The van der Waals surface area contributed by atoms with Crippen LogP contribution in [0.1, 0.15) is 0 Å². The molecule has 0 aromatic rings. The van der Waals surface area contributed by atoms with Crippen LogP contribution in [-0.4, -0.2) is 0 Å². The van der Waals surface area contributed by atoms with Gasteiger partial charge in [-0.15, -0.1) is 0 Å². The minimum atomic E-state index is 0. The molecule has 0 spiro atoms. The number of hydrogen-bond donors (Lipinski definition) is 0. The van der Waals surface area contributed by atoms with Gasteiger partial charge in [0.05, 0.1) is 0 Å². The van der Waals surface area contributed by atoms with Gasteiger partial charge in [-0.1, -0.05) is 0 Å². The summed E-state index contributed by atoms with van der Waals surface area (Å²) in [5, 5.41) is 12.5. The molecule has 0 aliphatic rings. The maximum atomic E-state index is 6.25. The van der Waals surface area contributed by atoms with Crippen LogP contribution >= 0.6 is 0 Å². The van der Waals surface area contributed by atoms with Gasteiger partial charge in [0, 0.05) is 44.8 Å². The fourth-order valence-electron chi connectivity index (χ4n) is 0. The van der Waals surface area contributed by atoms with Crippen LogP contribution in [0.25, 0.3) is 0 Å². The molecule has 2 nitrogen and oxygen atoms in total. The topological polar surface area (TPSA) is 47.6 Å². The molecule has 0 bridgehead atoms. The van der Waals surface area contributed by atoms with Crippen molar-refractivity contribution in [3.63, 3.8) is 0 Å². The molecule has 0 N–H and O–H groups in total. The molecule has 2 radical (unpaired) electrons. The number of nitrogens with zero attached hydrogens (tertiary/aromatic N) is 2. The van der Waals surface area contributed by atoms with Crippen LogP contribution in [0.5, 0.6) is 0 Å². The smallest absolute Gasteiger partial charge is 0.512 e. The van der Waals surface area contributed by atoms with E-state index in [0.29, 0.717) is 0 Å². The first-order chi connectivity index (χ1) is 2.00. The van der Waals surface area contributed by atoms with Crippen LogP contribution in [-0.2, 0) is 44.8 Å².